The SMILES string of the molecule is CCCC(C)(C)CC[C@@](C)(CCC(C)(C)[C@]1(C)CC[C@H]2C(C)(C)C(O)=C(C#N)C[C@]2(C)[C@H]1CC(O)OC)C(=O)OC. The molecule has 0 saturated heterocycles. The van der Waals surface area contributed by atoms with Crippen LogP contribution >= 0.6 is 0 Å². The molecular formula is C35H61NO5. The summed E-state index contributed by atoms with van der Waals surface area (Å²) >= 11 is 0. The van der Waals surface area contributed by atoms with Crippen molar-refractivity contribution in [1.29, 1.82) is 5.26 Å². The Bertz CT molecular complexity index is 1010. The van der Waals surface area contributed by atoms with Gasteiger partial charge in [-0.3, -0.25) is 4.79 Å². The summed E-state index contributed by atoms with van der Waals surface area (Å²) in [4.78, 5) is 13.2. The third-order valence-corrected chi connectivity index (χ3v) is 12.3. The van der Waals surface area contributed by atoms with Gasteiger partial charge in [-0.1, -0.05) is 68.7 Å². The van der Waals surface area contributed by atoms with Crippen molar-refractivity contribution < 1.29 is 24.5 Å². The van der Waals surface area contributed by atoms with Gasteiger partial charge in [0.1, 0.15) is 5.76 Å². The lowest BCUT2D eigenvalue weighted by molar-refractivity contribution is -0.189. The third-order valence-electron chi connectivity index (χ3n) is 12.3. The number of hydrogen-bond donors (Lipinski definition) is 2. The van der Waals surface area contributed by atoms with E-state index in [9.17, 15) is 20.3 Å². The lowest BCUT2D eigenvalue weighted by atomic mass is 9.39. The number of hydrogen-bond acceptors (Lipinski definition) is 6. The molecule has 41 heavy (non-hydrogen) atoms. The first-order valence-electron chi connectivity index (χ1n) is 15.8. The van der Waals surface area contributed by atoms with Gasteiger partial charge in [-0.15, -0.1) is 0 Å². The van der Waals surface area contributed by atoms with Gasteiger partial charge in [-0.2, -0.15) is 5.26 Å². The van der Waals surface area contributed by atoms with Crippen molar-refractivity contribution in [3.63, 3.8) is 0 Å². The molecule has 2 aliphatic carbocycles. The predicted octanol–water partition coefficient (Wildman–Crippen LogP) is 8.74. The molecule has 0 aromatic carbocycles. The number of fused-ring (bicyclic) bond motifs is 1. The van der Waals surface area contributed by atoms with E-state index in [1.165, 1.54) is 14.2 Å². The van der Waals surface area contributed by atoms with E-state index in [1.807, 2.05) is 0 Å². The lowest BCUT2D eigenvalue weighted by Crippen LogP contribution is -2.59. The smallest absolute Gasteiger partial charge is 0.311 e. The van der Waals surface area contributed by atoms with E-state index < -0.39 is 17.1 Å². The van der Waals surface area contributed by atoms with Crippen molar-refractivity contribution in [2.24, 2.45) is 44.3 Å². The van der Waals surface area contributed by atoms with Crippen molar-refractivity contribution in [2.45, 2.75) is 140 Å². The first-order valence-corrected chi connectivity index (χ1v) is 15.8. The maximum Gasteiger partial charge on any atom is 0.311 e. The average molecular weight is 576 g/mol. The average Bonchev–Trinajstić information content (AvgIpc) is 2.89. The van der Waals surface area contributed by atoms with Crippen LogP contribution in [0.3, 0.4) is 0 Å². The second-order valence-corrected chi connectivity index (χ2v) is 16.2. The van der Waals surface area contributed by atoms with Crippen molar-refractivity contribution in [3.05, 3.63) is 11.3 Å². The zero-order valence-electron chi connectivity index (χ0n) is 28.4. The monoisotopic (exact) mass is 575 g/mol. The third kappa shape index (κ3) is 6.82. The minimum Gasteiger partial charge on any atom is -0.511 e. The lowest BCUT2D eigenvalue weighted by Gasteiger charge is -2.65. The molecule has 0 bridgehead atoms. The van der Waals surface area contributed by atoms with Gasteiger partial charge >= 0.3 is 5.97 Å². The molecule has 1 unspecified atom stereocenters. The molecule has 6 atom stereocenters. The first kappa shape index (κ1) is 35.6. The van der Waals surface area contributed by atoms with Gasteiger partial charge in [-0.05, 0) is 91.8 Å². The summed E-state index contributed by atoms with van der Waals surface area (Å²) in [5.74, 6) is 0.269. The topological polar surface area (TPSA) is 99.8 Å². The number of carbonyl (C=O) groups is 1. The number of rotatable bonds is 13. The first-order chi connectivity index (χ1) is 18.7. The standard InChI is InChI=1S/C35H61NO5/c1-13-15-30(2,3)17-19-33(8,29(39)41-12)20-18-31(4,5)35(10)16-14-25-32(6,7)28(38)24(23-36)22-34(25,9)26(35)21-27(37)40-11/h25-27,37-38H,13-22H2,1-12H3/t25-,26+,27?,33-,34-,35+/m0/s1. The van der Waals surface area contributed by atoms with Crippen LogP contribution in [-0.2, 0) is 14.3 Å². The van der Waals surface area contributed by atoms with E-state index in [0.717, 1.165) is 51.4 Å². The van der Waals surface area contributed by atoms with Crippen LogP contribution in [0.4, 0.5) is 0 Å². The van der Waals surface area contributed by atoms with Crippen LogP contribution < -0.4 is 0 Å². The van der Waals surface area contributed by atoms with Crippen LogP contribution in [0.5, 0.6) is 0 Å². The number of allylic oxidation sites excluding steroid dienone is 2. The summed E-state index contributed by atoms with van der Waals surface area (Å²) in [7, 11) is 3.03. The quantitative estimate of drug-likeness (QED) is 0.168. The fraction of sp³-hybridized carbons (Fsp3) is 0.886. The summed E-state index contributed by atoms with van der Waals surface area (Å²) < 4.78 is 10.8. The number of nitrogens with zero attached hydrogens (tertiary/aromatic N) is 1. The number of carbonyl (C=O) groups excluding carboxylic acids is 1. The number of nitriles is 1. The largest absolute Gasteiger partial charge is 0.511 e. The molecule has 1 saturated carbocycles. The normalized spacial score (nSPS) is 30.6. The number of ether oxygens (including phenoxy) is 2. The van der Waals surface area contributed by atoms with Gasteiger partial charge in [0.15, 0.2) is 6.29 Å². The zero-order valence-corrected chi connectivity index (χ0v) is 28.4. The summed E-state index contributed by atoms with van der Waals surface area (Å²) in [6, 6.07) is 2.31. The van der Waals surface area contributed by atoms with E-state index in [-0.39, 0.29) is 45.2 Å². The number of aliphatic hydroxyl groups excluding tert-OH is 2. The van der Waals surface area contributed by atoms with E-state index in [2.05, 4.69) is 75.3 Å². The van der Waals surface area contributed by atoms with E-state index >= 15 is 0 Å². The molecule has 0 aliphatic heterocycles. The van der Waals surface area contributed by atoms with Crippen molar-refractivity contribution >= 4 is 5.97 Å². The Kier molecular flexibility index (Phi) is 10.9. The van der Waals surface area contributed by atoms with Crippen molar-refractivity contribution in [1.82, 2.24) is 0 Å². The van der Waals surface area contributed by atoms with Gasteiger partial charge in [-0.25, -0.2) is 0 Å². The van der Waals surface area contributed by atoms with Crippen LogP contribution in [0.25, 0.3) is 0 Å². The van der Waals surface area contributed by atoms with E-state index in [4.69, 9.17) is 9.47 Å². The van der Waals surface area contributed by atoms with Crippen LogP contribution in [0.2, 0.25) is 0 Å². The molecule has 0 radical (unpaired) electrons. The van der Waals surface area contributed by atoms with E-state index in [1.54, 1.807) is 0 Å². The Hall–Kier alpha value is -1.58. The fourth-order valence-corrected chi connectivity index (χ4v) is 8.96. The molecule has 0 spiro atoms. The molecule has 0 aromatic heterocycles. The van der Waals surface area contributed by atoms with Crippen LogP contribution in [0.15, 0.2) is 11.3 Å². The molecule has 0 aromatic rings. The maximum atomic E-state index is 13.2. The predicted molar refractivity (Wildman–Crippen MR) is 165 cm³/mol. The van der Waals surface area contributed by atoms with Crippen LogP contribution in [0, 0.1) is 55.7 Å². The molecule has 2 aliphatic rings. The highest BCUT2D eigenvalue weighted by atomic mass is 16.6. The molecule has 236 valence electrons. The molecule has 6 nitrogen and oxygen atoms in total. The second kappa shape index (κ2) is 12.6. The summed E-state index contributed by atoms with van der Waals surface area (Å²) in [6.45, 7) is 22.2. The minimum atomic E-state index is -0.917. The van der Waals surface area contributed by atoms with Gasteiger partial charge in [0.2, 0.25) is 0 Å². The molecule has 2 rings (SSSR count). The Morgan fingerprint density at radius 3 is 2.15 bits per heavy atom. The molecule has 0 heterocycles. The number of esters is 1. The van der Waals surface area contributed by atoms with Gasteiger partial charge < -0.3 is 19.7 Å². The number of methoxy groups -OCH3 is 2. The molecule has 1 fully saturated rings. The maximum absolute atomic E-state index is 13.2. The highest BCUT2D eigenvalue weighted by Crippen LogP contribution is 2.70. The highest BCUT2D eigenvalue weighted by molar-refractivity contribution is 5.76. The van der Waals surface area contributed by atoms with Gasteiger partial charge in [0.25, 0.3) is 0 Å². The second-order valence-electron chi connectivity index (χ2n) is 16.2. The van der Waals surface area contributed by atoms with E-state index in [0.29, 0.717) is 18.4 Å². The summed E-state index contributed by atoms with van der Waals surface area (Å²) in [6.07, 6.45) is 7.44. The Morgan fingerprint density at radius 1 is 1.05 bits per heavy atom. The molecular weight excluding hydrogens is 514 g/mol. The van der Waals surface area contributed by atoms with Crippen LogP contribution in [0.1, 0.15) is 133 Å². The van der Waals surface area contributed by atoms with Gasteiger partial charge in [0.05, 0.1) is 24.2 Å². The van der Waals surface area contributed by atoms with Crippen molar-refractivity contribution in [3.8, 4) is 6.07 Å². The zero-order chi connectivity index (χ0) is 31.7. The Labute approximate surface area is 251 Å². The molecule has 2 N–H and O–H groups in total. The summed E-state index contributed by atoms with van der Waals surface area (Å²) in [5.41, 5.74) is -1.19. The highest BCUT2D eigenvalue weighted by Gasteiger charge is 2.63. The van der Waals surface area contributed by atoms with Gasteiger partial charge in [0, 0.05) is 18.9 Å². The molecule has 0 amide bonds. The summed E-state index contributed by atoms with van der Waals surface area (Å²) in [5, 5.41) is 32.0. The Morgan fingerprint density at radius 2 is 1.63 bits per heavy atom. The minimum absolute atomic E-state index is 0.0299. The molecule has 6 heteroatoms. The number of aliphatic hydroxyl groups is 2. The fourth-order valence-electron chi connectivity index (χ4n) is 8.96. The van der Waals surface area contributed by atoms with Crippen molar-refractivity contribution in [2.75, 3.05) is 14.2 Å². The van der Waals surface area contributed by atoms with Crippen LogP contribution in [-0.4, -0.2) is 36.7 Å². The Balaban J connectivity index is 2.50.